The lowest BCUT2D eigenvalue weighted by Gasteiger charge is -2.31. The number of ketones is 1. The highest BCUT2D eigenvalue weighted by Crippen LogP contribution is 2.43. The van der Waals surface area contributed by atoms with E-state index in [1.807, 2.05) is 24.3 Å². The lowest BCUT2D eigenvalue weighted by Crippen LogP contribution is -2.31. The third kappa shape index (κ3) is 3.78. The summed E-state index contributed by atoms with van der Waals surface area (Å²) in [5.74, 6) is 1.11. The molecular formula is C22H18ClN5O3S. The van der Waals surface area contributed by atoms with E-state index < -0.39 is 11.0 Å². The van der Waals surface area contributed by atoms with E-state index in [1.54, 1.807) is 22.9 Å². The number of benzene rings is 2. The number of anilines is 1. The number of halogens is 1. The van der Waals surface area contributed by atoms with Crippen molar-refractivity contribution in [2.24, 2.45) is 0 Å². The highest BCUT2D eigenvalue weighted by atomic mass is 35.5. The number of para-hydroxylation sites is 1. The van der Waals surface area contributed by atoms with Gasteiger partial charge in [0.05, 0.1) is 10.5 Å². The van der Waals surface area contributed by atoms with Crippen LogP contribution < -0.4 is 5.32 Å². The standard InChI is InChI=1S/C22H18ClN5O3S/c23-14-10-8-13(9-11-14)12-32-22-25-21-24-16-5-3-7-18(29)19(16)20(27(21)26-22)15-4-1-2-6-17(15)28(30)31/h1-2,4,6,8-11,20H,3,5,7,12H2,(H,24,25,26)/t20-/m1/s1. The van der Waals surface area contributed by atoms with E-state index in [-0.39, 0.29) is 11.5 Å². The zero-order valence-electron chi connectivity index (χ0n) is 16.8. The quantitative estimate of drug-likeness (QED) is 0.314. The molecule has 5 rings (SSSR count). The second-order valence-electron chi connectivity index (χ2n) is 7.59. The lowest BCUT2D eigenvalue weighted by molar-refractivity contribution is -0.385. The number of hydrogen-bond donors (Lipinski definition) is 1. The van der Waals surface area contributed by atoms with Crippen molar-refractivity contribution in [1.29, 1.82) is 0 Å². The Morgan fingerprint density at radius 1 is 1.19 bits per heavy atom. The molecule has 32 heavy (non-hydrogen) atoms. The first-order valence-electron chi connectivity index (χ1n) is 10.1. The molecule has 0 saturated carbocycles. The van der Waals surface area contributed by atoms with E-state index in [4.69, 9.17) is 11.6 Å². The van der Waals surface area contributed by atoms with Gasteiger partial charge in [-0.2, -0.15) is 4.98 Å². The molecule has 1 atom stereocenters. The number of hydrogen-bond acceptors (Lipinski definition) is 7. The zero-order chi connectivity index (χ0) is 22.2. The summed E-state index contributed by atoms with van der Waals surface area (Å²) in [7, 11) is 0. The van der Waals surface area contributed by atoms with Gasteiger partial charge in [0, 0.05) is 34.5 Å². The van der Waals surface area contributed by atoms with Crippen molar-refractivity contribution in [2.75, 3.05) is 5.32 Å². The van der Waals surface area contributed by atoms with E-state index in [0.29, 0.717) is 45.9 Å². The van der Waals surface area contributed by atoms with Crippen LogP contribution in [0, 0.1) is 10.1 Å². The number of thioether (sulfide) groups is 1. The van der Waals surface area contributed by atoms with E-state index in [0.717, 1.165) is 17.7 Å². The molecule has 1 aliphatic carbocycles. The largest absolute Gasteiger partial charge is 0.328 e. The number of nitro benzene ring substituents is 1. The Balaban J connectivity index is 1.55. The Hall–Kier alpha value is -3.17. The van der Waals surface area contributed by atoms with Crippen LogP contribution in [0.3, 0.4) is 0 Å². The van der Waals surface area contributed by atoms with Gasteiger partial charge < -0.3 is 5.32 Å². The van der Waals surface area contributed by atoms with Crippen molar-refractivity contribution in [2.45, 2.75) is 36.2 Å². The molecule has 0 saturated heterocycles. The van der Waals surface area contributed by atoms with Crippen molar-refractivity contribution in [3.8, 4) is 0 Å². The third-order valence-corrected chi connectivity index (χ3v) is 6.72. The first-order valence-corrected chi connectivity index (χ1v) is 11.5. The van der Waals surface area contributed by atoms with Gasteiger partial charge in [-0.3, -0.25) is 14.9 Å². The van der Waals surface area contributed by atoms with Gasteiger partial charge in [0.2, 0.25) is 11.1 Å². The number of carbonyl (C=O) groups is 1. The van der Waals surface area contributed by atoms with Crippen molar-refractivity contribution >= 4 is 40.8 Å². The number of aromatic nitrogens is 3. The number of nitrogens with one attached hydrogen (secondary N) is 1. The molecule has 2 aromatic carbocycles. The minimum atomic E-state index is -0.687. The number of nitrogens with zero attached hydrogens (tertiary/aromatic N) is 4. The molecular weight excluding hydrogens is 450 g/mol. The molecule has 2 heterocycles. The minimum Gasteiger partial charge on any atom is -0.328 e. The molecule has 0 bridgehead atoms. The second kappa shape index (κ2) is 8.40. The maximum Gasteiger partial charge on any atom is 0.275 e. The summed E-state index contributed by atoms with van der Waals surface area (Å²) < 4.78 is 1.61. The van der Waals surface area contributed by atoms with Gasteiger partial charge in [-0.05, 0) is 36.6 Å². The average Bonchev–Trinajstić information content (AvgIpc) is 3.20. The van der Waals surface area contributed by atoms with Crippen LogP contribution in [0.2, 0.25) is 5.02 Å². The Labute approximate surface area is 192 Å². The fourth-order valence-corrected chi connectivity index (χ4v) is 5.01. The highest BCUT2D eigenvalue weighted by molar-refractivity contribution is 7.98. The number of allylic oxidation sites excluding steroid dienone is 2. The van der Waals surface area contributed by atoms with Gasteiger partial charge in [0.1, 0.15) is 6.04 Å². The molecule has 0 amide bonds. The molecule has 1 N–H and O–H groups in total. The van der Waals surface area contributed by atoms with E-state index >= 15 is 0 Å². The molecule has 0 fully saturated rings. The number of fused-ring (bicyclic) bond motifs is 1. The molecule has 1 aromatic heterocycles. The summed E-state index contributed by atoms with van der Waals surface area (Å²) in [6.07, 6.45) is 1.85. The lowest BCUT2D eigenvalue weighted by atomic mass is 9.85. The first-order chi connectivity index (χ1) is 15.5. The van der Waals surface area contributed by atoms with Gasteiger partial charge in [-0.25, -0.2) is 4.68 Å². The Morgan fingerprint density at radius 2 is 1.97 bits per heavy atom. The van der Waals surface area contributed by atoms with E-state index in [1.165, 1.54) is 17.8 Å². The van der Waals surface area contributed by atoms with Crippen molar-refractivity contribution < 1.29 is 9.72 Å². The maximum atomic E-state index is 12.9. The second-order valence-corrected chi connectivity index (χ2v) is 8.97. The first kappa shape index (κ1) is 20.7. The molecule has 3 aromatic rings. The summed E-state index contributed by atoms with van der Waals surface area (Å²) in [4.78, 5) is 28.8. The highest BCUT2D eigenvalue weighted by Gasteiger charge is 2.39. The number of rotatable bonds is 5. The minimum absolute atomic E-state index is 0.0154. The van der Waals surface area contributed by atoms with Crippen LogP contribution in [0.5, 0.6) is 0 Å². The Morgan fingerprint density at radius 3 is 2.75 bits per heavy atom. The smallest absolute Gasteiger partial charge is 0.275 e. The van der Waals surface area contributed by atoms with Gasteiger partial charge in [-0.1, -0.05) is 47.6 Å². The number of Topliss-reactive ketones (excluding diaryl/α,β-unsaturated/α-hetero) is 1. The predicted molar refractivity (Wildman–Crippen MR) is 122 cm³/mol. The zero-order valence-corrected chi connectivity index (χ0v) is 18.4. The SMILES string of the molecule is O=C1CCCC2=C1[C@@H](c1ccccc1[N+](=O)[O-])n1nc(SCc3ccc(Cl)cc3)nc1N2. The summed E-state index contributed by atoms with van der Waals surface area (Å²) >= 11 is 7.41. The van der Waals surface area contributed by atoms with E-state index in [9.17, 15) is 14.9 Å². The molecule has 10 heteroatoms. The fourth-order valence-electron chi connectivity index (χ4n) is 4.10. The van der Waals surface area contributed by atoms with E-state index in [2.05, 4.69) is 15.4 Å². The summed E-state index contributed by atoms with van der Waals surface area (Å²) in [6.45, 7) is 0. The van der Waals surface area contributed by atoms with Crippen LogP contribution in [0.1, 0.15) is 36.4 Å². The van der Waals surface area contributed by atoms with Crippen LogP contribution >= 0.6 is 23.4 Å². The topological polar surface area (TPSA) is 103 Å². The summed E-state index contributed by atoms with van der Waals surface area (Å²) in [5.41, 5.74) is 2.78. The Bertz CT molecular complexity index is 1250. The van der Waals surface area contributed by atoms with Crippen LogP contribution in [0.4, 0.5) is 11.6 Å². The fraction of sp³-hybridized carbons (Fsp3) is 0.227. The average molecular weight is 468 g/mol. The van der Waals surface area contributed by atoms with Gasteiger partial charge in [0.25, 0.3) is 5.69 Å². The van der Waals surface area contributed by atoms with Crippen LogP contribution in [0.15, 0.2) is 65.0 Å². The number of carbonyl (C=O) groups excluding carboxylic acids is 1. The number of nitro groups is 1. The monoisotopic (exact) mass is 467 g/mol. The van der Waals surface area contributed by atoms with Gasteiger partial charge in [-0.15, -0.1) is 5.10 Å². The van der Waals surface area contributed by atoms with Crippen LogP contribution in [-0.4, -0.2) is 25.5 Å². The van der Waals surface area contributed by atoms with Crippen molar-refractivity contribution in [3.05, 3.63) is 86.1 Å². The van der Waals surface area contributed by atoms with Crippen molar-refractivity contribution in [1.82, 2.24) is 14.8 Å². The normalized spacial score (nSPS) is 17.5. The molecule has 162 valence electrons. The Kier molecular flexibility index (Phi) is 5.44. The molecule has 8 nitrogen and oxygen atoms in total. The molecule has 0 spiro atoms. The van der Waals surface area contributed by atoms with Gasteiger partial charge in [0.15, 0.2) is 5.78 Å². The summed E-state index contributed by atoms with van der Waals surface area (Å²) in [5, 5.41) is 20.8. The summed E-state index contributed by atoms with van der Waals surface area (Å²) in [6, 6.07) is 13.4. The van der Waals surface area contributed by atoms with Crippen LogP contribution in [-0.2, 0) is 10.5 Å². The molecule has 2 aliphatic rings. The van der Waals surface area contributed by atoms with Crippen molar-refractivity contribution in [3.63, 3.8) is 0 Å². The molecule has 0 unspecified atom stereocenters. The third-order valence-electron chi connectivity index (χ3n) is 5.56. The predicted octanol–water partition coefficient (Wildman–Crippen LogP) is 5.15. The van der Waals surface area contributed by atoms with Gasteiger partial charge >= 0.3 is 0 Å². The maximum absolute atomic E-state index is 12.9. The molecule has 1 aliphatic heterocycles. The molecule has 0 radical (unpaired) electrons. The van der Waals surface area contributed by atoms with Crippen LogP contribution in [0.25, 0.3) is 0 Å².